The monoisotopic (exact) mass is 329 g/mol. The summed E-state index contributed by atoms with van der Waals surface area (Å²) in [5.74, 6) is -0.734. The molecule has 0 aliphatic heterocycles. The average molecular weight is 329 g/mol. The molecule has 6 nitrogen and oxygen atoms in total. The maximum absolute atomic E-state index is 12.8. The molecule has 0 spiro atoms. The van der Waals surface area contributed by atoms with Gasteiger partial charge in [0.1, 0.15) is 11.1 Å². The molecule has 1 aromatic heterocycles. The predicted octanol–water partition coefficient (Wildman–Crippen LogP) is 2.35. The summed E-state index contributed by atoms with van der Waals surface area (Å²) in [5, 5.41) is 0.696. The Labute approximate surface area is 139 Å². The number of para-hydroxylation sites is 1. The number of amides is 1. The molecule has 24 heavy (non-hydrogen) atoms. The van der Waals surface area contributed by atoms with Crippen molar-refractivity contribution >= 4 is 22.8 Å². The van der Waals surface area contributed by atoms with Crippen molar-refractivity contribution in [2.75, 3.05) is 13.2 Å². The third-order valence-electron chi connectivity index (χ3n) is 3.98. The second kappa shape index (κ2) is 6.86. The Morgan fingerprint density at radius 1 is 1.29 bits per heavy atom. The van der Waals surface area contributed by atoms with Gasteiger partial charge in [0, 0.05) is 18.0 Å². The number of ether oxygens (including phenoxy) is 1. The van der Waals surface area contributed by atoms with E-state index < -0.39 is 5.63 Å². The maximum Gasteiger partial charge on any atom is 0.349 e. The Morgan fingerprint density at radius 2 is 2.04 bits per heavy atom. The lowest BCUT2D eigenvalue weighted by molar-refractivity contribution is -0.143. The van der Waals surface area contributed by atoms with Crippen LogP contribution in [0.2, 0.25) is 0 Å². The fourth-order valence-corrected chi connectivity index (χ4v) is 2.65. The van der Waals surface area contributed by atoms with Crippen molar-refractivity contribution in [1.29, 1.82) is 0 Å². The van der Waals surface area contributed by atoms with Gasteiger partial charge in [-0.25, -0.2) is 4.79 Å². The Morgan fingerprint density at radius 3 is 2.75 bits per heavy atom. The van der Waals surface area contributed by atoms with Gasteiger partial charge in [-0.05, 0) is 31.9 Å². The number of rotatable bonds is 6. The molecule has 0 N–H and O–H groups in total. The van der Waals surface area contributed by atoms with Gasteiger partial charge in [-0.15, -0.1) is 0 Å². The summed E-state index contributed by atoms with van der Waals surface area (Å²) >= 11 is 0. The van der Waals surface area contributed by atoms with Gasteiger partial charge in [0.25, 0.3) is 5.91 Å². The van der Waals surface area contributed by atoms with Gasteiger partial charge >= 0.3 is 11.6 Å². The third kappa shape index (κ3) is 3.48. The van der Waals surface area contributed by atoms with Crippen LogP contribution in [0.5, 0.6) is 0 Å². The van der Waals surface area contributed by atoms with Gasteiger partial charge in [0.15, 0.2) is 0 Å². The predicted molar refractivity (Wildman–Crippen MR) is 87.8 cm³/mol. The van der Waals surface area contributed by atoms with E-state index in [-0.39, 0.29) is 36.4 Å². The van der Waals surface area contributed by atoms with Crippen LogP contribution in [0.25, 0.3) is 11.0 Å². The van der Waals surface area contributed by atoms with Crippen LogP contribution in [0.3, 0.4) is 0 Å². The lowest BCUT2D eigenvalue weighted by Crippen LogP contribution is -2.37. The highest BCUT2D eigenvalue weighted by atomic mass is 16.5. The van der Waals surface area contributed by atoms with Crippen LogP contribution in [0.15, 0.2) is 39.5 Å². The first-order chi connectivity index (χ1) is 11.6. The highest BCUT2D eigenvalue weighted by molar-refractivity contribution is 5.97. The molecule has 126 valence electrons. The highest BCUT2D eigenvalue weighted by Gasteiger charge is 2.34. The van der Waals surface area contributed by atoms with E-state index in [2.05, 4.69) is 0 Å². The molecule has 0 atom stereocenters. The standard InChI is InChI=1S/C18H19NO5/c1-2-23-16(20)9-10-19(13-7-8-13)17(21)14-11-12-5-3-4-6-15(12)24-18(14)22/h3-6,11,13H,2,7-10H2,1H3. The molecule has 1 aliphatic carbocycles. The maximum atomic E-state index is 12.8. The summed E-state index contributed by atoms with van der Waals surface area (Å²) in [6, 6.07) is 8.69. The normalized spacial score (nSPS) is 13.7. The number of esters is 1. The molecule has 0 bridgehead atoms. The molecule has 1 saturated carbocycles. The Bertz CT molecular complexity index is 822. The molecule has 1 heterocycles. The van der Waals surface area contributed by atoms with Crippen molar-refractivity contribution in [3.63, 3.8) is 0 Å². The van der Waals surface area contributed by atoms with E-state index in [9.17, 15) is 14.4 Å². The molecular weight excluding hydrogens is 310 g/mol. The minimum absolute atomic E-state index is 0.00413. The molecular formula is C18H19NO5. The van der Waals surface area contributed by atoms with Crippen molar-refractivity contribution in [2.45, 2.75) is 32.2 Å². The van der Waals surface area contributed by atoms with Gasteiger partial charge in [0.05, 0.1) is 13.0 Å². The number of hydrogen-bond donors (Lipinski definition) is 0. The lowest BCUT2D eigenvalue weighted by Gasteiger charge is -2.21. The third-order valence-corrected chi connectivity index (χ3v) is 3.98. The van der Waals surface area contributed by atoms with Gasteiger partial charge in [-0.2, -0.15) is 0 Å². The summed E-state index contributed by atoms with van der Waals surface area (Å²) in [7, 11) is 0. The Kier molecular flexibility index (Phi) is 4.64. The summed E-state index contributed by atoms with van der Waals surface area (Å²) in [4.78, 5) is 38.1. The van der Waals surface area contributed by atoms with Crippen LogP contribution in [-0.2, 0) is 9.53 Å². The molecule has 6 heteroatoms. The van der Waals surface area contributed by atoms with E-state index in [0.29, 0.717) is 17.6 Å². The van der Waals surface area contributed by atoms with Crippen LogP contribution < -0.4 is 5.63 Å². The number of fused-ring (bicyclic) bond motifs is 1. The molecule has 1 aromatic carbocycles. The van der Waals surface area contributed by atoms with Crippen molar-refractivity contribution < 1.29 is 18.7 Å². The molecule has 0 unspecified atom stereocenters. The molecule has 3 rings (SSSR count). The smallest absolute Gasteiger partial charge is 0.349 e. The first-order valence-electron chi connectivity index (χ1n) is 8.09. The van der Waals surface area contributed by atoms with Gasteiger partial charge in [0.2, 0.25) is 0 Å². The van der Waals surface area contributed by atoms with Crippen LogP contribution >= 0.6 is 0 Å². The Hall–Kier alpha value is -2.63. The SMILES string of the molecule is CCOC(=O)CCN(C(=O)c1cc2ccccc2oc1=O)C1CC1. The first kappa shape index (κ1) is 16.2. The summed E-state index contributed by atoms with van der Waals surface area (Å²) < 4.78 is 10.1. The summed E-state index contributed by atoms with van der Waals surface area (Å²) in [6.45, 7) is 2.29. The Balaban J connectivity index is 1.83. The summed E-state index contributed by atoms with van der Waals surface area (Å²) in [6.07, 6.45) is 1.88. The van der Waals surface area contributed by atoms with E-state index >= 15 is 0 Å². The van der Waals surface area contributed by atoms with E-state index in [1.165, 1.54) is 0 Å². The molecule has 0 saturated heterocycles. The van der Waals surface area contributed by atoms with Crippen LogP contribution in [0.4, 0.5) is 0 Å². The van der Waals surface area contributed by atoms with Gasteiger partial charge in [-0.3, -0.25) is 9.59 Å². The number of carbonyl (C=O) groups excluding carboxylic acids is 2. The van der Waals surface area contributed by atoms with E-state index in [4.69, 9.17) is 9.15 Å². The van der Waals surface area contributed by atoms with Crippen LogP contribution in [0, 0.1) is 0 Å². The minimum Gasteiger partial charge on any atom is -0.466 e. The van der Waals surface area contributed by atoms with E-state index in [1.54, 1.807) is 36.1 Å². The fourth-order valence-electron chi connectivity index (χ4n) is 2.65. The molecule has 1 aliphatic rings. The van der Waals surface area contributed by atoms with Crippen molar-refractivity contribution in [3.8, 4) is 0 Å². The van der Waals surface area contributed by atoms with Crippen LogP contribution in [0.1, 0.15) is 36.5 Å². The second-order valence-corrected chi connectivity index (χ2v) is 5.77. The van der Waals surface area contributed by atoms with Crippen molar-refractivity contribution in [3.05, 3.63) is 46.3 Å². The molecule has 0 radical (unpaired) electrons. The number of hydrogen-bond acceptors (Lipinski definition) is 5. The molecule has 1 amide bonds. The second-order valence-electron chi connectivity index (χ2n) is 5.77. The number of benzene rings is 1. The summed E-state index contributed by atoms with van der Waals surface area (Å²) in [5.41, 5.74) is -0.200. The highest BCUT2D eigenvalue weighted by Crippen LogP contribution is 2.28. The zero-order valence-electron chi connectivity index (χ0n) is 13.5. The van der Waals surface area contributed by atoms with Crippen molar-refractivity contribution in [2.24, 2.45) is 0 Å². The average Bonchev–Trinajstić information content (AvgIpc) is 3.39. The molecule has 2 aromatic rings. The number of carbonyl (C=O) groups is 2. The zero-order valence-corrected chi connectivity index (χ0v) is 13.5. The topological polar surface area (TPSA) is 76.8 Å². The van der Waals surface area contributed by atoms with E-state index in [0.717, 1.165) is 12.8 Å². The number of nitrogens with zero attached hydrogens (tertiary/aromatic N) is 1. The van der Waals surface area contributed by atoms with Gasteiger partial charge < -0.3 is 14.1 Å². The first-order valence-corrected chi connectivity index (χ1v) is 8.09. The quantitative estimate of drug-likeness (QED) is 0.600. The fraction of sp³-hybridized carbons (Fsp3) is 0.389. The lowest BCUT2D eigenvalue weighted by atomic mass is 10.1. The zero-order chi connectivity index (χ0) is 17.1. The van der Waals surface area contributed by atoms with Gasteiger partial charge in [-0.1, -0.05) is 18.2 Å². The minimum atomic E-state index is -0.652. The van der Waals surface area contributed by atoms with Crippen LogP contribution in [-0.4, -0.2) is 36.0 Å². The molecule has 1 fully saturated rings. The van der Waals surface area contributed by atoms with E-state index in [1.807, 2.05) is 6.07 Å². The largest absolute Gasteiger partial charge is 0.466 e. The van der Waals surface area contributed by atoms with Crippen molar-refractivity contribution in [1.82, 2.24) is 4.90 Å².